The second-order valence-electron chi connectivity index (χ2n) is 16.7. The van der Waals surface area contributed by atoms with E-state index in [0.29, 0.717) is 11.4 Å². The van der Waals surface area contributed by atoms with Crippen molar-refractivity contribution < 1.29 is 78.3 Å². The maximum absolute atomic E-state index is 14.0. The average molecular weight is 1020 g/mol. The minimum Gasteiger partial charge on any atom is -0.481 e. The third-order valence-corrected chi connectivity index (χ3v) is 11.4. The van der Waals surface area contributed by atoms with Crippen molar-refractivity contribution in [1.29, 1.82) is 0 Å². The topological polar surface area (TPSA) is 535 Å². The lowest BCUT2D eigenvalue weighted by Gasteiger charge is -2.27. The number of fused-ring (bicyclic) bond motifs is 1. The van der Waals surface area contributed by atoms with Crippen molar-refractivity contribution in [3.63, 3.8) is 0 Å². The Balaban J connectivity index is 1.23. The first-order chi connectivity index (χ1) is 34.3. The van der Waals surface area contributed by atoms with Gasteiger partial charge in [-0.15, -0.1) is 0 Å². The third kappa shape index (κ3) is 14.3. The van der Waals surface area contributed by atoms with Crippen LogP contribution in [0.15, 0.2) is 40.2 Å². The molecule has 1 aromatic carbocycles. The summed E-state index contributed by atoms with van der Waals surface area (Å²) in [5.74, 6) is -18.0. The van der Waals surface area contributed by atoms with Gasteiger partial charge in [0.25, 0.3) is 11.5 Å². The normalized spacial score (nSPS) is 19.5. The molecular weight excluding hydrogens is 975 g/mol. The summed E-state index contributed by atoms with van der Waals surface area (Å²) < 4.78 is 0. The summed E-state index contributed by atoms with van der Waals surface area (Å²) in [4.78, 5) is 170. The molecule has 2 saturated carbocycles. The van der Waals surface area contributed by atoms with Crippen LogP contribution in [0, 0.1) is 11.8 Å². The molecule has 2 aliphatic carbocycles. The van der Waals surface area contributed by atoms with Crippen LogP contribution in [0.2, 0.25) is 0 Å². The molecule has 73 heavy (non-hydrogen) atoms. The van der Waals surface area contributed by atoms with Gasteiger partial charge in [-0.2, -0.15) is 4.98 Å². The summed E-state index contributed by atoms with van der Waals surface area (Å²) in [6.07, 6.45) is -3.00. The van der Waals surface area contributed by atoms with Crippen LogP contribution in [0.4, 0.5) is 11.6 Å². The Morgan fingerprint density at radius 2 is 1.41 bits per heavy atom. The van der Waals surface area contributed by atoms with Crippen molar-refractivity contribution >= 4 is 94.0 Å². The van der Waals surface area contributed by atoms with Crippen molar-refractivity contribution in [2.75, 3.05) is 24.1 Å². The molecule has 3 aromatic rings. The lowest BCUT2D eigenvalue weighted by Crippen LogP contribution is -2.61. The fourth-order valence-corrected chi connectivity index (χ4v) is 7.53. The highest BCUT2D eigenvalue weighted by atomic mass is 16.4. The molecule has 2 aliphatic rings. The number of nitrogen functional groups attached to an aromatic ring is 1. The van der Waals surface area contributed by atoms with Gasteiger partial charge in [0.1, 0.15) is 35.7 Å². The van der Waals surface area contributed by atoms with E-state index in [0.717, 1.165) is 0 Å². The van der Waals surface area contributed by atoms with Gasteiger partial charge >= 0.3 is 29.8 Å². The maximum atomic E-state index is 14.0. The van der Waals surface area contributed by atoms with Crippen LogP contribution in [-0.2, 0) is 54.5 Å². The fraction of sp³-hybridized carbons (Fsp3) is 0.415. The van der Waals surface area contributed by atoms with E-state index >= 15 is 0 Å². The molecule has 390 valence electrons. The van der Waals surface area contributed by atoms with Crippen LogP contribution in [0.25, 0.3) is 11.2 Å². The number of guanidine groups is 1. The van der Waals surface area contributed by atoms with Crippen molar-refractivity contribution in [2.24, 2.45) is 28.3 Å². The number of amides is 6. The smallest absolute Gasteiger partial charge is 0.326 e. The molecule has 0 spiro atoms. The molecule has 2 aromatic heterocycles. The highest BCUT2D eigenvalue weighted by molar-refractivity contribution is 6.04. The Kier molecular flexibility index (Phi) is 17.1. The van der Waals surface area contributed by atoms with Gasteiger partial charge in [-0.3, -0.25) is 62.7 Å². The summed E-state index contributed by atoms with van der Waals surface area (Å²) >= 11 is 0. The number of nitrogens with one attached hydrogen (secondary N) is 8. The van der Waals surface area contributed by atoms with Crippen molar-refractivity contribution in [3.05, 3.63) is 52.1 Å². The zero-order valence-electron chi connectivity index (χ0n) is 38.0. The second-order valence-corrected chi connectivity index (χ2v) is 16.7. The number of nitrogens with zero attached hydrogens (tertiary/aromatic N) is 4. The van der Waals surface area contributed by atoms with Crippen LogP contribution < -0.4 is 60.0 Å². The Bertz CT molecular complexity index is 2820. The van der Waals surface area contributed by atoms with Crippen molar-refractivity contribution in [2.45, 2.75) is 80.7 Å². The monoisotopic (exact) mass is 1020 g/mol. The highest BCUT2D eigenvalue weighted by Gasteiger charge is 2.66. The molecule has 0 saturated heterocycles. The number of carbonyl (C=O) groups is 11. The van der Waals surface area contributed by atoms with Gasteiger partial charge in [-0.25, -0.2) is 14.8 Å². The zero-order chi connectivity index (χ0) is 53.9. The van der Waals surface area contributed by atoms with Crippen LogP contribution >= 0.6 is 0 Å². The molecule has 7 atom stereocenters. The van der Waals surface area contributed by atoms with E-state index in [1.54, 1.807) is 0 Å². The van der Waals surface area contributed by atoms with E-state index in [1.165, 1.54) is 30.5 Å². The standard InChI is InChI=1S/C41H49N15O17/c42-38(43)45-8-7-17-11-40(17,37(73)52-23(10-26(60)61)32(66)56-41(12-20(41)34(68)69)36(72)48-15-27(62)63)55-31(65)22(9-25(58)59)50-24(57)6-5-21(35(70)71)51-30(64)16-1-3-18(4-2-16)46-13-19-14-47-29-28(49-19)33(67)54-39(44)53-29/h1-4,14,17,20-23,46H,5-13,15H2,(H,48,72)(H,50,57)(H,51,64)(H,52,73)(H,55,65)(H,56,66)(H,58,59)(H,60,61)(H,62,63)(H,68,69)(H,70,71)(H4,42,43,45)(H3,44,47,53,54,67)/t17?,20?,21-,22-,23-,40?,41?/m0/s1. The van der Waals surface area contributed by atoms with Gasteiger partial charge in [0.2, 0.25) is 35.5 Å². The molecule has 0 bridgehead atoms. The number of anilines is 2. The van der Waals surface area contributed by atoms with Crippen molar-refractivity contribution in [1.82, 2.24) is 51.8 Å². The number of H-pyrrole nitrogens is 1. The van der Waals surface area contributed by atoms with Crippen LogP contribution in [0.3, 0.4) is 0 Å². The van der Waals surface area contributed by atoms with E-state index in [4.69, 9.17) is 22.3 Å². The summed E-state index contributed by atoms with van der Waals surface area (Å²) in [5, 5.41) is 63.7. The molecular formula is C41H49N15O17. The molecule has 4 unspecified atom stereocenters. The number of hydrogen-bond acceptors (Lipinski definition) is 18. The number of carbonyl (C=O) groups excluding carboxylic acids is 6. The van der Waals surface area contributed by atoms with Gasteiger partial charge in [-0.05, 0) is 55.9 Å². The first-order valence-electron chi connectivity index (χ1n) is 21.7. The Hall–Kier alpha value is -9.52. The number of nitrogens with two attached hydrogens (primary N) is 3. The number of carboxylic acid groups (broad SMARTS) is 5. The third-order valence-electron chi connectivity index (χ3n) is 11.4. The minimum absolute atomic E-state index is 0.00346. The van der Waals surface area contributed by atoms with Crippen LogP contribution in [-0.4, -0.2) is 159 Å². The number of hydrogen-bond donors (Lipinski definition) is 16. The van der Waals surface area contributed by atoms with Crippen molar-refractivity contribution in [3.8, 4) is 0 Å². The highest BCUT2D eigenvalue weighted by Crippen LogP contribution is 2.47. The minimum atomic E-state index is -2.24. The van der Waals surface area contributed by atoms with Gasteiger partial charge in [0.05, 0.1) is 37.2 Å². The van der Waals surface area contributed by atoms with Gasteiger partial charge in [-0.1, -0.05) is 0 Å². The van der Waals surface area contributed by atoms with E-state index in [9.17, 15) is 78.0 Å². The Morgan fingerprint density at radius 3 is 1.99 bits per heavy atom. The summed E-state index contributed by atoms with van der Waals surface area (Å²) in [6, 6.07) is -0.0210. The number of carboxylic acids is 5. The number of aromatic nitrogens is 4. The number of aliphatic imine (C=N–C) groups is 1. The predicted molar refractivity (Wildman–Crippen MR) is 244 cm³/mol. The quantitative estimate of drug-likeness (QED) is 0.0250. The number of rotatable bonds is 27. The summed E-state index contributed by atoms with van der Waals surface area (Å²) in [5.41, 5.74) is 12.3. The van der Waals surface area contributed by atoms with Gasteiger partial charge in [0, 0.05) is 24.2 Å². The Morgan fingerprint density at radius 1 is 0.781 bits per heavy atom. The largest absolute Gasteiger partial charge is 0.481 e. The number of benzene rings is 1. The van der Waals surface area contributed by atoms with Gasteiger partial charge in [0.15, 0.2) is 17.1 Å². The second kappa shape index (κ2) is 22.9. The molecule has 2 heterocycles. The molecule has 19 N–H and O–H groups in total. The van der Waals surface area contributed by atoms with E-state index in [1.807, 2.05) is 5.32 Å². The average Bonchev–Trinajstić information content (AvgIpc) is 4.22. The van der Waals surface area contributed by atoms with Crippen LogP contribution in [0.1, 0.15) is 61.0 Å². The molecule has 32 nitrogen and oxygen atoms in total. The van der Waals surface area contributed by atoms with E-state index < -0.39 is 151 Å². The zero-order valence-corrected chi connectivity index (χ0v) is 38.0. The number of aliphatic carboxylic acids is 5. The fourth-order valence-electron chi connectivity index (χ4n) is 7.53. The van der Waals surface area contributed by atoms with Gasteiger partial charge < -0.3 is 80.0 Å². The summed E-state index contributed by atoms with van der Waals surface area (Å²) in [6.45, 7) is -1.02. The first-order valence-corrected chi connectivity index (χ1v) is 21.7. The lowest BCUT2D eigenvalue weighted by atomic mass is 10.1. The predicted octanol–water partition coefficient (Wildman–Crippen LogP) is -5.51. The molecule has 6 amide bonds. The molecule has 0 aliphatic heterocycles. The number of aromatic amines is 1. The molecule has 2 fully saturated rings. The lowest BCUT2D eigenvalue weighted by molar-refractivity contribution is -0.144. The Labute approximate surface area is 408 Å². The molecule has 0 radical (unpaired) electrons. The summed E-state index contributed by atoms with van der Waals surface area (Å²) in [7, 11) is 0. The molecule has 5 rings (SSSR count). The molecule has 32 heteroatoms. The SMILES string of the molecule is NC(N)=NCCC1CC1(NC(=O)[C@H](CC(=O)O)NC(=O)CC[C@H](NC(=O)c1ccc(NCc2cnc3nc(N)[nH]c(=O)c3n2)cc1)C(=O)O)C(=O)N[C@@H](CC(=O)O)C(=O)NC1(C(=O)NCC(=O)O)CC1C(=O)O. The van der Waals surface area contributed by atoms with E-state index in [-0.39, 0.29) is 54.6 Å². The van der Waals surface area contributed by atoms with Crippen LogP contribution in [0.5, 0.6) is 0 Å². The maximum Gasteiger partial charge on any atom is 0.326 e. The van der Waals surface area contributed by atoms with E-state index in [2.05, 4.69) is 56.8 Å². The first kappa shape index (κ1) is 54.4.